The minimum absolute atomic E-state index is 0. The van der Waals surface area contributed by atoms with Crippen molar-refractivity contribution in [3.8, 4) is 11.8 Å². The average Bonchev–Trinajstić information content (AvgIpc) is 2.67. The van der Waals surface area contributed by atoms with Crippen LogP contribution in [0.4, 0.5) is 5.69 Å². The van der Waals surface area contributed by atoms with E-state index in [1.165, 1.54) is 11.3 Å². The molecule has 3 rings (SSSR count). The third-order valence-corrected chi connectivity index (χ3v) is 4.64. The monoisotopic (exact) mass is 371 g/mol. The lowest BCUT2D eigenvalue weighted by Crippen LogP contribution is -2.54. The molecule has 26 heavy (non-hydrogen) atoms. The molecule has 0 spiro atoms. The summed E-state index contributed by atoms with van der Waals surface area (Å²) < 4.78 is 5.98. The molecule has 1 saturated heterocycles. The third kappa shape index (κ3) is 4.91. The minimum atomic E-state index is 0. The molecule has 2 aromatic rings. The third-order valence-electron chi connectivity index (χ3n) is 4.64. The van der Waals surface area contributed by atoms with Gasteiger partial charge in [-0.05, 0) is 47.9 Å². The Balaban J connectivity index is 0.00000243. The topological polar surface area (TPSA) is 48.3 Å². The second-order valence-electron chi connectivity index (χ2n) is 6.75. The molecule has 0 radical (unpaired) electrons. The number of piperazine rings is 1. The van der Waals surface area contributed by atoms with Crippen molar-refractivity contribution in [3.63, 3.8) is 0 Å². The van der Waals surface area contributed by atoms with E-state index in [0.29, 0.717) is 18.1 Å². The summed E-state index contributed by atoms with van der Waals surface area (Å²) in [4.78, 5) is 2.44. The Morgan fingerprint density at radius 2 is 2.00 bits per heavy atom. The van der Waals surface area contributed by atoms with Gasteiger partial charge in [0.1, 0.15) is 12.4 Å². The van der Waals surface area contributed by atoms with Gasteiger partial charge in [-0.15, -0.1) is 12.4 Å². The summed E-state index contributed by atoms with van der Waals surface area (Å²) in [6.07, 6.45) is 0. The highest BCUT2D eigenvalue weighted by Crippen LogP contribution is 2.24. The lowest BCUT2D eigenvalue weighted by Gasteiger charge is -2.38. The quantitative estimate of drug-likeness (QED) is 0.864. The second-order valence-corrected chi connectivity index (χ2v) is 6.75. The molecular formula is C21H26ClN3O. The number of anilines is 1. The van der Waals surface area contributed by atoms with Crippen LogP contribution in [-0.4, -0.2) is 32.3 Å². The Bertz CT molecular complexity index is 740. The summed E-state index contributed by atoms with van der Waals surface area (Å²) in [5.41, 5.74) is 3.28. The molecule has 138 valence electrons. The summed E-state index contributed by atoms with van der Waals surface area (Å²) in [5.74, 6) is 1.33. The van der Waals surface area contributed by atoms with Crippen LogP contribution in [0.2, 0.25) is 0 Å². The van der Waals surface area contributed by atoms with E-state index in [1.807, 2.05) is 12.1 Å². The Morgan fingerprint density at radius 3 is 2.69 bits per heavy atom. The number of hydrogen-bond donors (Lipinski definition) is 1. The average molecular weight is 372 g/mol. The molecule has 4 nitrogen and oxygen atoms in total. The van der Waals surface area contributed by atoms with E-state index in [4.69, 9.17) is 10.00 Å². The maximum Gasteiger partial charge on any atom is 0.119 e. The van der Waals surface area contributed by atoms with Crippen LogP contribution in [0.3, 0.4) is 0 Å². The van der Waals surface area contributed by atoms with Crippen LogP contribution in [0.25, 0.3) is 0 Å². The molecule has 0 aromatic heterocycles. The van der Waals surface area contributed by atoms with Crippen molar-refractivity contribution in [3.05, 3.63) is 59.7 Å². The molecular weight excluding hydrogens is 346 g/mol. The summed E-state index contributed by atoms with van der Waals surface area (Å²) in [6.45, 7) is 7.93. The van der Waals surface area contributed by atoms with Gasteiger partial charge in [0.15, 0.2) is 0 Å². The molecule has 1 aliphatic heterocycles. The fourth-order valence-corrected chi connectivity index (χ4v) is 3.13. The van der Waals surface area contributed by atoms with E-state index in [-0.39, 0.29) is 18.4 Å². The number of ether oxygens (including phenoxy) is 1. The van der Waals surface area contributed by atoms with Crippen molar-refractivity contribution in [2.24, 2.45) is 0 Å². The SMILES string of the molecule is CC(C)c1cccc(N2CCNCC2COc2ccc(C#N)cc2)c1.Cl. The highest BCUT2D eigenvalue weighted by atomic mass is 35.5. The highest BCUT2D eigenvalue weighted by Gasteiger charge is 2.23. The van der Waals surface area contributed by atoms with E-state index >= 15 is 0 Å². The van der Waals surface area contributed by atoms with Gasteiger partial charge in [-0.25, -0.2) is 0 Å². The summed E-state index contributed by atoms with van der Waals surface area (Å²) in [7, 11) is 0. The van der Waals surface area contributed by atoms with Crippen molar-refractivity contribution in [2.45, 2.75) is 25.8 Å². The number of halogens is 1. The van der Waals surface area contributed by atoms with Crippen LogP contribution >= 0.6 is 12.4 Å². The Morgan fingerprint density at radius 1 is 1.23 bits per heavy atom. The predicted octanol–water partition coefficient (Wildman–Crippen LogP) is 3.96. The molecule has 1 N–H and O–H groups in total. The van der Waals surface area contributed by atoms with E-state index in [9.17, 15) is 0 Å². The number of nitrogens with zero attached hydrogens (tertiary/aromatic N) is 2. The normalized spacial score (nSPS) is 16.7. The smallest absolute Gasteiger partial charge is 0.119 e. The number of hydrogen-bond acceptors (Lipinski definition) is 4. The molecule has 1 aliphatic rings. The molecule has 1 heterocycles. The number of benzene rings is 2. The van der Waals surface area contributed by atoms with Gasteiger partial charge in [-0.3, -0.25) is 0 Å². The van der Waals surface area contributed by atoms with Crippen LogP contribution in [0.5, 0.6) is 5.75 Å². The molecule has 1 atom stereocenters. The van der Waals surface area contributed by atoms with Crippen molar-refractivity contribution in [1.29, 1.82) is 5.26 Å². The maximum atomic E-state index is 8.88. The van der Waals surface area contributed by atoms with Gasteiger partial charge in [-0.2, -0.15) is 5.26 Å². The van der Waals surface area contributed by atoms with Gasteiger partial charge < -0.3 is 15.0 Å². The first kappa shape index (κ1) is 20.1. The van der Waals surface area contributed by atoms with Gasteiger partial charge in [0.25, 0.3) is 0 Å². The second kappa shape index (κ2) is 9.47. The minimum Gasteiger partial charge on any atom is -0.491 e. The fourth-order valence-electron chi connectivity index (χ4n) is 3.13. The van der Waals surface area contributed by atoms with Gasteiger partial charge in [-0.1, -0.05) is 26.0 Å². The summed E-state index contributed by atoms with van der Waals surface area (Å²) in [6, 6.07) is 18.5. The van der Waals surface area contributed by atoms with Crippen molar-refractivity contribution >= 4 is 18.1 Å². The molecule has 5 heteroatoms. The molecule has 0 aliphatic carbocycles. The number of rotatable bonds is 5. The summed E-state index contributed by atoms with van der Waals surface area (Å²) in [5, 5.41) is 12.3. The van der Waals surface area contributed by atoms with E-state index < -0.39 is 0 Å². The van der Waals surface area contributed by atoms with E-state index in [1.54, 1.807) is 12.1 Å². The molecule has 0 saturated carbocycles. The van der Waals surface area contributed by atoms with Crippen molar-refractivity contribution in [1.82, 2.24) is 5.32 Å². The molecule has 0 bridgehead atoms. The number of nitriles is 1. The Labute approximate surface area is 162 Å². The Hall–Kier alpha value is -2.22. The first-order valence-corrected chi connectivity index (χ1v) is 8.87. The van der Waals surface area contributed by atoms with Crippen molar-refractivity contribution < 1.29 is 4.74 Å². The van der Waals surface area contributed by atoms with Crippen LogP contribution < -0.4 is 15.0 Å². The lowest BCUT2D eigenvalue weighted by molar-refractivity contribution is 0.267. The zero-order valence-electron chi connectivity index (χ0n) is 15.3. The maximum absolute atomic E-state index is 8.88. The highest BCUT2D eigenvalue weighted by molar-refractivity contribution is 5.85. The van der Waals surface area contributed by atoms with Gasteiger partial charge in [0.2, 0.25) is 0 Å². The zero-order valence-corrected chi connectivity index (χ0v) is 16.1. The standard InChI is InChI=1S/C21H25N3O.ClH/c1-16(2)18-4-3-5-19(12-18)24-11-10-23-14-20(24)15-25-21-8-6-17(13-22)7-9-21;/h3-9,12,16,20,23H,10-11,14-15H2,1-2H3;1H. The summed E-state index contributed by atoms with van der Waals surface area (Å²) >= 11 is 0. The van der Waals surface area contributed by atoms with E-state index in [2.05, 4.69) is 54.4 Å². The zero-order chi connectivity index (χ0) is 17.6. The van der Waals surface area contributed by atoms with Gasteiger partial charge >= 0.3 is 0 Å². The first-order valence-electron chi connectivity index (χ1n) is 8.87. The van der Waals surface area contributed by atoms with E-state index in [0.717, 1.165) is 25.4 Å². The molecule has 1 unspecified atom stereocenters. The van der Waals surface area contributed by atoms with Crippen molar-refractivity contribution in [2.75, 3.05) is 31.1 Å². The predicted molar refractivity (Wildman–Crippen MR) is 108 cm³/mol. The van der Waals surface area contributed by atoms with Crippen LogP contribution in [0.1, 0.15) is 30.9 Å². The van der Waals surface area contributed by atoms with Crippen LogP contribution in [0, 0.1) is 11.3 Å². The van der Waals surface area contributed by atoms with Gasteiger partial charge in [0.05, 0.1) is 17.7 Å². The number of nitrogens with one attached hydrogen (secondary N) is 1. The van der Waals surface area contributed by atoms with Gasteiger partial charge in [0, 0.05) is 25.3 Å². The first-order chi connectivity index (χ1) is 12.2. The molecule has 2 aromatic carbocycles. The Kier molecular flexibility index (Phi) is 7.32. The van der Waals surface area contributed by atoms with Crippen LogP contribution in [-0.2, 0) is 0 Å². The molecule has 0 amide bonds. The largest absolute Gasteiger partial charge is 0.491 e. The van der Waals surface area contributed by atoms with Crippen LogP contribution in [0.15, 0.2) is 48.5 Å². The fraction of sp³-hybridized carbons (Fsp3) is 0.381. The molecule has 1 fully saturated rings. The lowest BCUT2D eigenvalue weighted by atomic mass is 10.0.